The van der Waals surface area contributed by atoms with Gasteiger partial charge in [0.15, 0.2) is 0 Å². The monoisotopic (exact) mass is 449 g/mol. The quantitative estimate of drug-likeness (QED) is 0.330. The lowest BCUT2D eigenvalue weighted by atomic mass is 10.0. The highest BCUT2D eigenvalue weighted by Crippen LogP contribution is 2.32. The molecule has 4 aromatic rings. The molecule has 3 aromatic carbocycles. The largest absolute Gasteiger partial charge is 0.303 e. The van der Waals surface area contributed by atoms with E-state index in [0.717, 1.165) is 50.2 Å². The molecule has 1 fully saturated rings. The Bertz CT molecular complexity index is 1190. The van der Waals surface area contributed by atoms with E-state index < -0.39 is 0 Å². The van der Waals surface area contributed by atoms with Crippen molar-refractivity contribution in [2.45, 2.75) is 25.3 Å². The third-order valence-corrected chi connectivity index (χ3v) is 7.10. The highest BCUT2D eigenvalue weighted by Gasteiger charge is 2.23. The van der Waals surface area contributed by atoms with E-state index >= 15 is 0 Å². The molecule has 5 rings (SSSR count). The average Bonchev–Trinajstić information content (AvgIpc) is 3.30. The summed E-state index contributed by atoms with van der Waals surface area (Å²) in [5, 5.41) is 8.51. The number of benzene rings is 3. The highest BCUT2D eigenvalue weighted by atomic mass is 35.5. The molecule has 0 unspecified atom stereocenters. The molecule has 0 atom stereocenters. The second kappa shape index (κ2) is 9.04. The third-order valence-electron chi connectivity index (χ3n) is 6.37. The normalized spacial score (nSPS) is 15.5. The summed E-state index contributed by atoms with van der Waals surface area (Å²) in [5.41, 5.74) is 3.60. The van der Waals surface area contributed by atoms with Crippen LogP contribution in [0.2, 0.25) is 10.0 Å². The summed E-state index contributed by atoms with van der Waals surface area (Å²) in [5.74, 6) is 0. The van der Waals surface area contributed by atoms with E-state index in [1.807, 2.05) is 24.4 Å². The lowest BCUT2D eigenvalue weighted by Gasteiger charge is -2.33. The summed E-state index contributed by atoms with van der Waals surface area (Å²) in [7, 11) is 0. The Hall–Kier alpha value is -2.33. The first kappa shape index (κ1) is 20.6. The number of nitrogens with zero attached hydrogens (tertiary/aromatic N) is 3. The molecule has 3 nitrogen and oxygen atoms in total. The Morgan fingerprint density at radius 3 is 2.52 bits per heavy atom. The Kier molecular flexibility index (Phi) is 5.99. The summed E-state index contributed by atoms with van der Waals surface area (Å²) < 4.78 is 2.17. The van der Waals surface area contributed by atoms with Crippen molar-refractivity contribution in [3.05, 3.63) is 88.5 Å². The van der Waals surface area contributed by atoms with E-state index in [4.69, 9.17) is 23.2 Å². The lowest BCUT2D eigenvalue weighted by Crippen LogP contribution is -2.36. The zero-order chi connectivity index (χ0) is 21.2. The van der Waals surface area contributed by atoms with Gasteiger partial charge in [-0.1, -0.05) is 71.7 Å². The predicted octanol–water partition coefficient (Wildman–Crippen LogP) is 6.89. The van der Waals surface area contributed by atoms with E-state index in [-0.39, 0.29) is 0 Å². The van der Waals surface area contributed by atoms with Gasteiger partial charge in [0.1, 0.15) is 0 Å². The average molecular weight is 450 g/mol. The Morgan fingerprint density at radius 1 is 0.871 bits per heavy atom. The van der Waals surface area contributed by atoms with Crippen molar-refractivity contribution >= 4 is 34.0 Å². The van der Waals surface area contributed by atoms with Crippen LogP contribution in [0.5, 0.6) is 0 Å². The van der Waals surface area contributed by atoms with Gasteiger partial charge in [0.2, 0.25) is 0 Å². The molecule has 1 aromatic heterocycles. The van der Waals surface area contributed by atoms with E-state index in [2.05, 4.69) is 63.2 Å². The van der Waals surface area contributed by atoms with Gasteiger partial charge in [-0.3, -0.25) is 4.68 Å². The summed E-state index contributed by atoms with van der Waals surface area (Å²) in [6.45, 7) is 3.28. The van der Waals surface area contributed by atoms with Gasteiger partial charge in [0.25, 0.3) is 0 Å². The minimum absolute atomic E-state index is 0.410. The number of hydrogen-bond donors (Lipinski definition) is 0. The van der Waals surface area contributed by atoms with E-state index in [0.29, 0.717) is 16.1 Å². The van der Waals surface area contributed by atoms with Crippen molar-refractivity contribution in [3.63, 3.8) is 0 Å². The first-order valence-electron chi connectivity index (χ1n) is 10.9. The molecule has 0 spiro atoms. The smallest absolute Gasteiger partial charge is 0.0686 e. The predicted molar refractivity (Wildman–Crippen MR) is 130 cm³/mol. The summed E-state index contributed by atoms with van der Waals surface area (Å²) >= 11 is 12.3. The van der Waals surface area contributed by atoms with Crippen LogP contribution in [0.1, 0.15) is 24.4 Å². The van der Waals surface area contributed by atoms with Gasteiger partial charge >= 0.3 is 0 Å². The van der Waals surface area contributed by atoms with Crippen LogP contribution < -0.4 is 0 Å². The van der Waals surface area contributed by atoms with Gasteiger partial charge in [-0.05, 0) is 53.8 Å². The molecule has 158 valence electrons. The minimum Gasteiger partial charge on any atom is -0.303 e. The molecule has 1 saturated heterocycles. The topological polar surface area (TPSA) is 21.1 Å². The molecule has 1 aliphatic rings. The van der Waals surface area contributed by atoms with Gasteiger partial charge in [-0.2, -0.15) is 5.10 Å². The number of piperidine rings is 1. The third kappa shape index (κ3) is 4.36. The van der Waals surface area contributed by atoms with Crippen molar-refractivity contribution in [2.75, 3.05) is 19.6 Å². The van der Waals surface area contributed by atoms with Crippen LogP contribution in [0, 0.1) is 0 Å². The van der Waals surface area contributed by atoms with Crippen LogP contribution in [-0.2, 0) is 6.42 Å². The Labute approximate surface area is 193 Å². The number of halogens is 2. The van der Waals surface area contributed by atoms with Gasteiger partial charge in [-0.15, -0.1) is 0 Å². The zero-order valence-electron chi connectivity index (χ0n) is 17.3. The maximum absolute atomic E-state index is 6.24. The fraction of sp³-hybridized carbons (Fsp3) is 0.269. The number of likely N-dealkylation sites (tertiary alicyclic amines) is 1. The fourth-order valence-electron chi connectivity index (χ4n) is 4.67. The van der Waals surface area contributed by atoms with Crippen molar-refractivity contribution in [1.29, 1.82) is 0 Å². The first-order chi connectivity index (χ1) is 15.2. The van der Waals surface area contributed by atoms with E-state index in [9.17, 15) is 0 Å². The maximum atomic E-state index is 6.24. The van der Waals surface area contributed by atoms with E-state index in [1.54, 1.807) is 0 Å². The number of aromatic nitrogens is 2. The van der Waals surface area contributed by atoms with Crippen LogP contribution in [0.15, 0.2) is 72.9 Å². The molecular formula is C26H25Cl2N3. The zero-order valence-corrected chi connectivity index (χ0v) is 18.9. The van der Waals surface area contributed by atoms with Gasteiger partial charge < -0.3 is 4.90 Å². The molecule has 0 radical (unpaired) electrons. The molecule has 5 heteroatoms. The van der Waals surface area contributed by atoms with Crippen LogP contribution in [-0.4, -0.2) is 34.3 Å². The second-order valence-corrected chi connectivity index (χ2v) is 9.07. The van der Waals surface area contributed by atoms with Crippen LogP contribution in [0.4, 0.5) is 0 Å². The molecule has 0 amide bonds. The molecule has 0 saturated carbocycles. The van der Waals surface area contributed by atoms with Crippen molar-refractivity contribution < 1.29 is 0 Å². The van der Waals surface area contributed by atoms with Crippen molar-refractivity contribution in [2.24, 2.45) is 0 Å². The second-order valence-electron chi connectivity index (χ2n) is 8.25. The lowest BCUT2D eigenvalue weighted by molar-refractivity contribution is 0.182. The molecule has 1 aliphatic heterocycles. The molecule has 0 N–H and O–H groups in total. The maximum Gasteiger partial charge on any atom is 0.0686 e. The molecule has 2 heterocycles. The van der Waals surface area contributed by atoms with Crippen LogP contribution in [0.25, 0.3) is 22.0 Å². The summed E-state index contributed by atoms with van der Waals surface area (Å²) in [6, 6.07) is 23.6. The number of hydrogen-bond acceptors (Lipinski definition) is 2. The molecule has 0 aliphatic carbocycles. The molecule has 31 heavy (non-hydrogen) atoms. The van der Waals surface area contributed by atoms with Crippen LogP contribution >= 0.6 is 23.2 Å². The Balaban J connectivity index is 1.23. The summed E-state index contributed by atoms with van der Waals surface area (Å²) in [6.07, 6.45) is 5.17. The Morgan fingerprint density at radius 2 is 1.68 bits per heavy atom. The van der Waals surface area contributed by atoms with E-state index in [1.165, 1.54) is 16.3 Å². The highest BCUT2D eigenvalue weighted by molar-refractivity contribution is 6.42. The van der Waals surface area contributed by atoms with Gasteiger partial charge in [-0.25, -0.2) is 0 Å². The van der Waals surface area contributed by atoms with Gasteiger partial charge in [0, 0.05) is 31.4 Å². The van der Waals surface area contributed by atoms with Crippen molar-refractivity contribution in [1.82, 2.24) is 14.7 Å². The molecule has 0 bridgehead atoms. The van der Waals surface area contributed by atoms with Gasteiger partial charge in [0.05, 0.1) is 21.8 Å². The summed E-state index contributed by atoms with van der Waals surface area (Å²) in [4.78, 5) is 2.58. The first-order valence-corrected chi connectivity index (χ1v) is 11.6. The van der Waals surface area contributed by atoms with Crippen LogP contribution in [0.3, 0.4) is 0 Å². The fourth-order valence-corrected chi connectivity index (χ4v) is 4.96. The molecular weight excluding hydrogens is 425 g/mol. The number of fused-ring (bicyclic) bond motifs is 1. The van der Waals surface area contributed by atoms with Crippen molar-refractivity contribution in [3.8, 4) is 11.3 Å². The SMILES string of the molecule is Clc1ccc(-c2ccnn2C2CCN(CCc3cccc4ccccc34)CC2)cc1Cl. The minimum atomic E-state index is 0.410. The standard InChI is InChI=1S/C26H25Cl2N3/c27-24-9-8-21(18-25(24)28)26-10-14-29-31(26)22-12-16-30(17-13-22)15-11-20-6-3-5-19-4-1-2-7-23(19)20/h1-10,14,18,22H,11-13,15-17H2. The number of rotatable bonds is 5.